The van der Waals surface area contributed by atoms with E-state index in [1.54, 1.807) is 49.6 Å². The normalized spacial score (nSPS) is 11.7. The molecule has 2 amide bonds. The molecule has 0 aliphatic carbocycles. The van der Waals surface area contributed by atoms with Crippen LogP contribution in [0.2, 0.25) is 0 Å². The number of benzene rings is 1. The summed E-state index contributed by atoms with van der Waals surface area (Å²) in [5, 5.41) is 5.77. The Morgan fingerprint density at radius 2 is 2.10 bits per heavy atom. The molecule has 1 atom stereocenters. The molecule has 110 valence electrons. The van der Waals surface area contributed by atoms with Crippen LogP contribution < -0.4 is 16.4 Å². The summed E-state index contributed by atoms with van der Waals surface area (Å²) in [6.07, 6.45) is 1.55. The van der Waals surface area contributed by atoms with Gasteiger partial charge >= 0.3 is 0 Å². The number of carbonyl (C=O) groups excluding carboxylic acids is 2. The van der Waals surface area contributed by atoms with Gasteiger partial charge in [0.1, 0.15) is 11.8 Å². The molecule has 6 heteroatoms. The summed E-state index contributed by atoms with van der Waals surface area (Å²) in [6, 6.07) is 9.79. The van der Waals surface area contributed by atoms with Crippen molar-refractivity contribution in [2.24, 2.45) is 5.73 Å². The van der Waals surface area contributed by atoms with Gasteiger partial charge in [-0.25, -0.2) is 0 Å². The largest absolute Gasteiger partial charge is 0.467 e. The molecule has 1 aromatic heterocycles. The zero-order chi connectivity index (χ0) is 15.2. The van der Waals surface area contributed by atoms with Crippen molar-refractivity contribution in [2.75, 3.05) is 5.32 Å². The maximum atomic E-state index is 12.0. The van der Waals surface area contributed by atoms with Crippen LogP contribution in [0.5, 0.6) is 0 Å². The molecule has 1 unspecified atom stereocenters. The summed E-state index contributed by atoms with van der Waals surface area (Å²) < 4.78 is 5.14. The number of hydrogen-bond donors (Lipinski definition) is 3. The summed E-state index contributed by atoms with van der Waals surface area (Å²) in [5.41, 5.74) is 6.27. The quantitative estimate of drug-likeness (QED) is 0.750. The minimum atomic E-state index is -0.506. The highest BCUT2D eigenvalue weighted by Crippen LogP contribution is 2.11. The fourth-order valence-corrected chi connectivity index (χ4v) is 1.82. The number of carbonyl (C=O) groups is 2. The van der Waals surface area contributed by atoms with Crippen LogP contribution in [0.3, 0.4) is 0 Å². The maximum absolute atomic E-state index is 12.0. The molecule has 1 aromatic carbocycles. The van der Waals surface area contributed by atoms with Gasteiger partial charge in [0.05, 0.1) is 12.8 Å². The number of primary amides is 1. The van der Waals surface area contributed by atoms with Gasteiger partial charge < -0.3 is 20.8 Å². The zero-order valence-corrected chi connectivity index (χ0v) is 11.6. The van der Waals surface area contributed by atoms with Gasteiger partial charge in [-0.3, -0.25) is 9.59 Å². The van der Waals surface area contributed by atoms with Crippen LogP contribution in [0.1, 0.15) is 23.0 Å². The number of amides is 2. The fraction of sp³-hybridized carbons (Fsp3) is 0.200. The highest BCUT2D eigenvalue weighted by molar-refractivity contribution is 5.94. The standard InChI is InChI=1S/C15H17N3O3/c1-10(15(20)17-9-13-6-3-7-21-13)18-12-5-2-4-11(8-12)14(16)19/h2-8,10,18H,9H2,1H3,(H2,16,19)(H,17,20). The minimum Gasteiger partial charge on any atom is -0.467 e. The van der Waals surface area contributed by atoms with Crippen LogP contribution in [0.4, 0.5) is 5.69 Å². The highest BCUT2D eigenvalue weighted by Gasteiger charge is 2.13. The molecule has 0 aliphatic rings. The van der Waals surface area contributed by atoms with Gasteiger partial charge in [0.2, 0.25) is 11.8 Å². The molecule has 2 rings (SSSR count). The SMILES string of the molecule is CC(Nc1cccc(C(N)=O)c1)C(=O)NCc1ccco1. The van der Waals surface area contributed by atoms with Gasteiger partial charge in [-0.2, -0.15) is 0 Å². The Labute approximate surface area is 122 Å². The van der Waals surface area contributed by atoms with Crippen molar-refractivity contribution in [2.45, 2.75) is 19.5 Å². The van der Waals surface area contributed by atoms with Gasteiger partial charge in [-0.05, 0) is 37.3 Å². The first-order valence-electron chi connectivity index (χ1n) is 6.53. The topological polar surface area (TPSA) is 97.4 Å². The predicted octanol–water partition coefficient (Wildman–Crippen LogP) is 1.50. The first kappa shape index (κ1) is 14.6. The Morgan fingerprint density at radius 1 is 1.29 bits per heavy atom. The summed E-state index contributed by atoms with van der Waals surface area (Å²) in [5.74, 6) is 0.00993. The van der Waals surface area contributed by atoms with Crippen molar-refractivity contribution >= 4 is 17.5 Å². The molecule has 0 spiro atoms. The third kappa shape index (κ3) is 4.10. The van der Waals surface area contributed by atoms with Gasteiger partial charge in [-0.15, -0.1) is 0 Å². The van der Waals surface area contributed by atoms with Crippen LogP contribution in [-0.2, 0) is 11.3 Å². The zero-order valence-electron chi connectivity index (χ0n) is 11.6. The number of rotatable bonds is 6. The van der Waals surface area contributed by atoms with Crippen LogP contribution in [-0.4, -0.2) is 17.9 Å². The van der Waals surface area contributed by atoms with E-state index in [-0.39, 0.29) is 5.91 Å². The van der Waals surface area contributed by atoms with E-state index in [1.165, 1.54) is 0 Å². The van der Waals surface area contributed by atoms with Crippen molar-refractivity contribution in [3.8, 4) is 0 Å². The maximum Gasteiger partial charge on any atom is 0.248 e. The number of anilines is 1. The summed E-state index contributed by atoms with van der Waals surface area (Å²) in [7, 11) is 0. The van der Waals surface area contributed by atoms with Crippen molar-refractivity contribution in [3.05, 3.63) is 54.0 Å². The van der Waals surface area contributed by atoms with Crippen LogP contribution >= 0.6 is 0 Å². The minimum absolute atomic E-state index is 0.170. The second-order valence-corrected chi connectivity index (χ2v) is 4.61. The van der Waals surface area contributed by atoms with E-state index in [0.717, 1.165) is 0 Å². The third-order valence-electron chi connectivity index (χ3n) is 2.94. The van der Waals surface area contributed by atoms with Gasteiger partial charge in [0, 0.05) is 11.3 Å². The fourth-order valence-electron chi connectivity index (χ4n) is 1.82. The number of nitrogens with one attached hydrogen (secondary N) is 2. The van der Waals surface area contributed by atoms with Crippen molar-refractivity contribution in [3.63, 3.8) is 0 Å². The second kappa shape index (κ2) is 6.60. The Balaban J connectivity index is 1.91. The van der Waals surface area contributed by atoms with Crippen LogP contribution in [0.15, 0.2) is 47.1 Å². The van der Waals surface area contributed by atoms with Crippen molar-refractivity contribution in [1.29, 1.82) is 0 Å². The van der Waals surface area contributed by atoms with E-state index in [4.69, 9.17) is 10.2 Å². The molecule has 0 saturated carbocycles. The first-order valence-corrected chi connectivity index (χ1v) is 6.53. The molecule has 0 aliphatic heterocycles. The van der Waals surface area contributed by atoms with E-state index in [2.05, 4.69) is 10.6 Å². The lowest BCUT2D eigenvalue weighted by atomic mass is 10.2. The molecule has 0 bridgehead atoms. The molecule has 0 fully saturated rings. The van der Waals surface area contributed by atoms with E-state index in [9.17, 15) is 9.59 Å². The molecule has 1 heterocycles. The van der Waals surface area contributed by atoms with Crippen LogP contribution in [0.25, 0.3) is 0 Å². The number of furan rings is 1. The molecule has 0 radical (unpaired) electrons. The molecular formula is C15H17N3O3. The molecule has 4 N–H and O–H groups in total. The molecule has 2 aromatic rings. The summed E-state index contributed by atoms with van der Waals surface area (Å²) >= 11 is 0. The average molecular weight is 287 g/mol. The molecule has 6 nitrogen and oxygen atoms in total. The highest BCUT2D eigenvalue weighted by atomic mass is 16.3. The smallest absolute Gasteiger partial charge is 0.248 e. The van der Waals surface area contributed by atoms with E-state index in [0.29, 0.717) is 23.6 Å². The Morgan fingerprint density at radius 3 is 2.76 bits per heavy atom. The second-order valence-electron chi connectivity index (χ2n) is 4.61. The van der Waals surface area contributed by atoms with Gasteiger partial charge in [0.25, 0.3) is 0 Å². The Kier molecular flexibility index (Phi) is 4.61. The summed E-state index contributed by atoms with van der Waals surface area (Å²) in [4.78, 5) is 23.1. The van der Waals surface area contributed by atoms with E-state index < -0.39 is 11.9 Å². The van der Waals surface area contributed by atoms with Crippen LogP contribution in [0, 0.1) is 0 Å². The molecule has 0 saturated heterocycles. The number of hydrogen-bond acceptors (Lipinski definition) is 4. The molecular weight excluding hydrogens is 270 g/mol. The lowest BCUT2D eigenvalue weighted by Gasteiger charge is -2.15. The average Bonchev–Trinajstić information content (AvgIpc) is 2.98. The van der Waals surface area contributed by atoms with Gasteiger partial charge in [0.15, 0.2) is 0 Å². The number of nitrogens with two attached hydrogens (primary N) is 1. The monoisotopic (exact) mass is 287 g/mol. The van der Waals surface area contributed by atoms with Crippen molar-refractivity contribution < 1.29 is 14.0 Å². The van der Waals surface area contributed by atoms with E-state index in [1.807, 2.05) is 0 Å². The van der Waals surface area contributed by atoms with Crippen molar-refractivity contribution in [1.82, 2.24) is 5.32 Å². The Hall–Kier alpha value is -2.76. The Bertz CT molecular complexity index is 623. The lowest BCUT2D eigenvalue weighted by Crippen LogP contribution is -2.37. The van der Waals surface area contributed by atoms with Gasteiger partial charge in [-0.1, -0.05) is 6.07 Å². The third-order valence-corrected chi connectivity index (χ3v) is 2.94. The summed E-state index contributed by atoms with van der Waals surface area (Å²) in [6.45, 7) is 2.06. The lowest BCUT2D eigenvalue weighted by molar-refractivity contribution is -0.121. The molecule has 21 heavy (non-hydrogen) atoms. The van der Waals surface area contributed by atoms with E-state index >= 15 is 0 Å². The predicted molar refractivity (Wildman–Crippen MR) is 78.6 cm³/mol. The first-order chi connectivity index (χ1) is 10.1.